The van der Waals surface area contributed by atoms with Crippen molar-refractivity contribution in [3.63, 3.8) is 0 Å². The number of non-ortho nitro benzene ring substituents is 1. The molecule has 172 valence electrons. The minimum atomic E-state index is -0.520. The average Bonchev–Trinajstić information content (AvgIpc) is 3.47. The van der Waals surface area contributed by atoms with E-state index in [9.17, 15) is 19.3 Å². The highest BCUT2D eigenvalue weighted by Crippen LogP contribution is 2.40. The molecule has 3 aliphatic heterocycles. The number of nitro groups is 1. The lowest BCUT2D eigenvalue weighted by Crippen LogP contribution is -2.23. The van der Waals surface area contributed by atoms with Crippen LogP contribution < -0.4 is 10.6 Å². The fourth-order valence-electron chi connectivity index (χ4n) is 4.23. The van der Waals surface area contributed by atoms with Crippen molar-refractivity contribution < 1.29 is 18.9 Å². The van der Waals surface area contributed by atoms with E-state index in [2.05, 4.69) is 20.7 Å². The van der Waals surface area contributed by atoms with Crippen LogP contribution in [0.25, 0.3) is 5.57 Å². The van der Waals surface area contributed by atoms with Crippen molar-refractivity contribution in [1.29, 1.82) is 0 Å². The lowest BCUT2D eigenvalue weighted by molar-refractivity contribution is -0.384. The second-order valence-electron chi connectivity index (χ2n) is 7.83. The number of nitrogens with zero attached hydrogens (tertiary/aromatic N) is 3. The van der Waals surface area contributed by atoms with E-state index in [1.54, 1.807) is 6.07 Å². The summed E-state index contributed by atoms with van der Waals surface area (Å²) in [6.07, 6.45) is 2.34. The first-order chi connectivity index (χ1) is 15.5. The van der Waals surface area contributed by atoms with E-state index in [1.165, 1.54) is 43.2 Å². The fraction of sp³-hybridized carbons (Fsp3) is 0.273. The Labute approximate surface area is 194 Å². The number of carbonyl (C=O) groups is 1. The molecule has 3 heterocycles. The van der Waals surface area contributed by atoms with Gasteiger partial charge in [0.25, 0.3) is 11.6 Å². The van der Waals surface area contributed by atoms with Gasteiger partial charge in [-0.15, -0.1) is 12.4 Å². The molecule has 2 aromatic rings. The molecule has 0 atom stereocenters. The summed E-state index contributed by atoms with van der Waals surface area (Å²) in [6.45, 7) is 3.13. The quantitative estimate of drug-likeness (QED) is 0.296. The van der Waals surface area contributed by atoms with Crippen molar-refractivity contribution in [2.45, 2.75) is 12.8 Å². The smallest absolute Gasteiger partial charge is 0.270 e. The number of fused-ring (bicyclic) bond motifs is 2. The minimum Gasteiger partial charge on any atom is -0.394 e. The predicted octanol–water partition coefficient (Wildman–Crippen LogP) is 3.76. The van der Waals surface area contributed by atoms with Gasteiger partial charge in [0.15, 0.2) is 0 Å². The van der Waals surface area contributed by atoms with Crippen molar-refractivity contribution >= 4 is 46.7 Å². The van der Waals surface area contributed by atoms with Gasteiger partial charge in [-0.2, -0.15) is 0 Å². The van der Waals surface area contributed by atoms with Crippen molar-refractivity contribution in [2.75, 3.05) is 36.9 Å². The third kappa shape index (κ3) is 4.27. The Kier molecular flexibility index (Phi) is 6.30. The number of halogens is 2. The number of anilines is 2. The predicted molar refractivity (Wildman–Crippen MR) is 124 cm³/mol. The summed E-state index contributed by atoms with van der Waals surface area (Å²) < 4.78 is 14.0. The number of allylic oxidation sites excluding steroid dienone is 1. The number of hydrogen-bond donors (Lipinski definition) is 2. The molecule has 0 unspecified atom stereocenters. The molecule has 0 aliphatic carbocycles. The van der Waals surface area contributed by atoms with Crippen molar-refractivity contribution in [1.82, 2.24) is 4.90 Å². The number of nitro benzene ring substituents is 1. The summed E-state index contributed by atoms with van der Waals surface area (Å²) >= 11 is 0. The minimum absolute atomic E-state index is 0. The standard InChI is InChI=1S/C22H20FN5O4.ClH/c23-13-3-5-18-16(11-13)20(26-32-10-9-27-7-1-2-8-27)21(24-18)19-15-12-14(28(30)31)4-6-17(15)25-22(19)29;/h3-6,11-12,24H,1-2,7-10H2,(H,25,29);1H/b21-19-,26-20+;. The largest absolute Gasteiger partial charge is 0.394 e. The number of rotatable bonds is 5. The Balaban J connectivity index is 0.00000259. The Bertz CT molecular complexity index is 1190. The van der Waals surface area contributed by atoms with E-state index < -0.39 is 16.6 Å². The van der Waals surface area contributed by atoms with Crippen LogP contribution in [0.5, 0.6) is 0 Å². The van der Waals surface area contributed by atoms with Gasteiger partial charge >= 0.3 is 0 Å². The highest BCUT2D eigenvalue weighted by molar-refractivity contribution is 6.39. The Morgan fingerprint density at radius 1 is 1.09 bits per heavy atom. The molecular formula is C22H21ClFN5O4. The second-order valence-corrected chi connectivity index (χ2v) is 7.83. The van der Waals surface area contributed by atoms with Gasteiger partial charge in [-0.05, 0) is 50.2 Å². The SMILES string of the molecule is Cl.O=C1Nc2ccc([N+](=O)[O-])cc2/C1=C1/Nc2ccc(F)cc2/C1=N\OCCN1CCCC1. The van der Waals surface area contributed by atoms with Crippen LogP contribution in [0, 0.1) is 15.9 Å². The summed E-state index contributed by atoms with van der Waals surface area (Å²) in [6, 6.07) is 8.34. The Hall–Kier alpha value is -3.50. The lowest BCUT2D eigenvalue weighted by atomic mass is 10.0. The maximum Gasteiger partial charge on any atom is 0.270 e. The molecule has 11 heteroatoms. The van der Waals surface area contributed by atoms with Crippen LogP contribution in [0.2, 0.25) is 0 Å². The van der Waals surface area contributed by atoms with Crippen LogP contribution in [-0.2, 0) is 9.63 Å². The van der Waals surface area contributed by atoms with Gasteiger partial charge in [-0.25, -0.2) is 4.39 Å². The first-order valence-corrected chi connectivity index (χ1v) is 10.4. The number of benzene rings is 2. The van der Waals surface area contributed by atoms with Crippen LogP contribution in [0.4, 0.5) is 21.5 Å². The van der Waals surface area contributed by atoms with E-state index in [0.29, 0.717) is 34.8 Å². The highest BCUT2D eigenvalue weighted by atomic mass is 35.5. The third-order valence-electron chi connectivity index (χ3n) is 5.80. The maximum absolute atomic E-state index is 14.0. The monoisotopic (exact) mass is 473 g/mol. The molecule has 0 radical (unpaired) electrons. The molecular weight excluding hydrogens is 453 g/mol. The highest BCUT2D eigenvalue weighted by Gasteiger charge is 2.35. The van der Waals surface area contributed by atoms with E-state index >= 15 is 0 Å². The summed E-state index contributed by atoms with van der Waals surface area (Å²) in [7, 11) is 0. The van der Waals surface area contributed by atoms with Crippen LogP contribution in [0.15, 0.2) is 47.3 Å². The summed E-state index contributed by atoms with van der Waals surface area (Å²) in [5, 5.41) is 21.3. The molecule has 0 saturated carbocycles. The van der Waals surface area contributed by atoms with Gasteiger partial charge in [0.05, 0.1) is 16.2 Å². The normalized spacial score (nSPS) is 20.2. The van der Waals surface area contributed by atoms with Crippen molar-refractivity contribution in [3.05, 3.63) is 69.2 Å². The molecule has 2 aromatic carbocycles. The topological polar surface area (TPSA) is 109 Å². The second kappa shape index (κ2) is 9.16. The molecule has 0 spiro atoms. The van der Waals surface area contributed by atoms with Crippen LogP contribution in [0.1, 0.15) is 24.0 Å². The van der Waals surface area contributed by atoms with Gasteiger partial charge in [-0.3, -0.25) is 19.8 Å². The zero-order chi connectivity index (χ0) is 22.2. The van der Waals surface area contributed by atoms with Crippen LogP contribution >= 0.6 is 12.4 Å². The Morgan fingerprint density at radius 3 is 2.58 bits per heavy atom. The number of likely N-dealkylation sites (tertiary alicyclic amines) is 1. The molecule has 33 heavy (non-hydrogen) atoms. The first-order valence-electron chi connectivity index (χ1n) is 10.4. The molecule has 2 N–H and O–H groups in total. The number of carbonyl (C=O) groups excluding carboxylic acids is 1. The van der Waals surface area contributed by atoms with Gasteiger partial charge in [-0.1, -0.05) is 5.16 Å². The zero-order valence-corrected chi connectivity index (χ0v) is 18.3. The van der Waals surface area contributed by atoms with E-state index in [-0.39, 0.29) is 29.4 Å². The molecule has 0 aromatic heterocycles. The number of nitrogens with one attached hydrogen (secondary N) is 2. The van der Waals surface area contributed by atoms with Crippen molar-refractivity contribution in [2.24, 2.45) is 5.16 Å². The van der Waals surface area contributed by atoms with Gasteiger partial charge in [0.1, 0.15) is 18.1 Å². The lowest BCUT2D eigenvalue weighted by Gasteiger charge is -2.13. The first kappa shape index (κ1) is 22.7. The molecule has 5 rings (SSSR count). The summed E-state index contributed by atoms with van der Waals surface area (Å²) in [4.78, 5) is 31.4. The molecule has 1 saturated heterocycles. The van der Waals surface area contributed by atoms with Crippen LogP contribution in [0.3, 0.4) is 0 Å². The third-order valence-corrected chi connectivity index (χ3v) is 5.80. The summed E-state index contributed by atoms with van der Waals surface area (Å²) in [5.74, 6) is -0.880. The van der Waals surface area contributed by atoms with E-state index in [0.717, 1.165) is 19.6 Å². The number of hydrogen-bond acceptors (Lipinski definition) is 7. The number of oxime groups is 1. The fourth-order valence-corrected chi connectivity index (χ4v) is 4.23. The van der Waals surface area contributed by atoms with Gasteiger partial charge in [0.2, 0.25) is 0 Å². The van der Waals surface area contributed by atoms with Gasteiger partial charge in [0, 0.05) is 41.2 Å². The van der Waals surface area contributed by atoms with Gasteiger partial charge < -0.3 is 15.5 Å². The molecule has 1 fully saturated rings. The molecule has 0 bridgehead atoms. The molecule has 3 aliphatic rings. The van der Waals surface area contributed by atoms with Crippen molar-refractivity contribution in [3.8, 4) is 0 Å². The zero-order valence-electron chi connectivity index (χ0n) is 17.5. The van der Waals surface area contributed by atoms with Crippen LogP contribution in [-0.4, -0.2) is 47.7 Å². The molecule has 9 nitrogen and oxygen atoms in total. The number of amides is 1. The van der Waals surface area contributed by atoms with E-state index in [1.807, 2.05) is 0 Å². The summed E-state index contributed by atoms with van der Waals surface area (Å²) in [5.41, 5.74) is 2.53. The maximum atomic E-state index is 14.0. The Morgan fingerprint density at radius 2 is 1.82 bits per heavy atom. The van der Waals surface area contributed by atoms with E-state index in [4.69, 9.17) is 4.84 Å². The average molecular weight is 474 g/mol. The molecule has 1 amide bonds.